The number of thioether (sulfide) groups is 2. The minimum Gasteiger partial charge on any atom is -0.377 e. The first kappa shape index (κ1) is 20.2. The van der Waals surface area contributed by atoms with Gasteiger partial charge in [0, 0.05) is 11.5 Å². The first-order chi connectivity index (χ1) is 11.6. The van der Waals surface area contributed by atoms with Crippen molar-refractivity contribution in [1.82, 2.24) is 0 Å². The van der Waals surface area contributed by atoms with Gasteiger partial charge in [-0.25, -0.2) is 0 Å². The Morgan fingerprint density at radius 2 is 1.79 bits per heavy atom. The quantitative estimate of drug-likeness (QED) is 0.550. The fourth-order valence-electron chi connectivity index (χ4n) is 3.22. The molecule has 1 unspecified atom stereocenters. The zero-order valence-corrected chi connectivity index (χ0v) is 17.3. The second-order valence-corrected chi connectivity index (χ2v) is 10.3. The fraction of sp³-hybridized carbons (Fsp3) is 0.714. The van der Waals surface area contributed by atoms with Gasteiger partial charge in [0.1, 0.15) is 0 Å². The van der Waals surface area contributed by atoms with Crippen molar-refractivity contribution >= 4 is 23.5 Å². The maximum Gasteiger partial charge on any atom is 0.0727 e. The molecule has 1 aliphatic rings. The van der Waals surface area contributed by atoms with Crippen LogP contribution in [0.5, 0.6) is 0 Å². The highest BCUT2D eigenvalue weighted by molar-refractivity contribution is 8.17. The average Bonchev–Trinajstić information content (AvgIpc) is 2.57. The van der Waals surface area contributed by atoms with E-state index in [1.165, 1.54) is 61.2 Å². The Hall–Kier alpha value is -0.120. The summed E-state index contributed by atoms with van der Waals surface area (Å²) in [6.45, 7) is 8.87. The molecule has 1 aromatic rings. The zero-order valence-electron chi connectivity index (χ0n) is 15.7. The molecule has 136 valence electrons. The summed E-state index contributed by atoms with van der Waals surface area (Å²) in [5.74, 6) is 1.18. The third-order valence-corrected chi connectivity index (χ3v) is 8.26. The molecule has 0 saturated carbocycles. The number of ether oxygens (including phenoxy) is 1. The third-order valence-electron chi connectivity index (χ3n) is 4.78. The molecule has 0 N–H and O–H groups in total. The summed E-state index contributed by atoms with van der Waals surface area (Å²) in [5.41, 5.74) is 1.72. The summed E-state index contributed by atoms with van der Waals surface area (Å²) in [7, 11) is 0. The number of fused-ring (bicyclic) bond motifs is 1. The van der Waals surface area contributed by atoms with E-state index < -0.39 is 0 Å². The van der Waals surface area contributed by atoms with Crippen LogP contribution in [0.3, 0.4) is 0 Å². The molecule has 0 aromatic heterocycles. The van der Waals surface area contributed by atoms with Crippen LogP contribution in [0.15, 0.2) is 29.2 Å². The largest absolute Gasteiger partial charge is 0.377 e. The van der Waals surface area contributed by atoms with Gasteiger partial charge < -0.3 is 4.74 Å². The standard InChI is InChI=1S/C21H34OS2/c1-4-23-20-21(2,3)15-11-7-5-6-8-12-16-22-17-18-13-9-10-14-19(18)24-20/h9-10,13-14,20H,4-8,11-12,15-17H2,1-3H3. The number of hydrogen-bond acceptors (Lipinski definition) is 3. The SMILES string of the molecule is CCSC1Sc2ccccc2COCCCCCCCCC1(C)C. The van der Waals surface area contributed by atoms with E-state index in [0.29, 0.717) is 10.00 Å². The predicted molar refractivity (Wildman–Crippen MR) is 110 cm³/mol. The Kier molecular flexibility index (Phi) is 9.07. The molecule has 1 aliphatic heterocycles. The van der Waals surface area contributed by atoms with Crippen LogP contribution in [0, 0.1) is 5.41 Å². The molecular formula is C21H34OS2. The van der Waals surface area contributed by atoms with Crippen molar-refractivity contribution in [3.63, 3.8) is 0 Å². The van der Waals surface area contributed by atoms with Crippen molar-refractivity contribution in [1.29, 1.82) is 0 Å². The Bertz CT molecular complexity index is 473. The third kappa shape index (κ3) is 6.65. The molecule has 24 heavy (non-hydrogen) atoms. The van der Waals surface area contributed by atoms with Crippen molar-refractivity contribution in [2.24, 2.45) is 5.41 Å². The first-order valence-electron chi connectivity index (χ1n) is 9.57. The summed E-state index contributed by atoms with van der Waals surface area (Å²) < 4.78 is 6.57. The number of rotatable bonds is 2. The van der Waals surface area contributed by atoms with Crippen LogP contribution in [0.1, 0.15) is 71.3 Å². The van der Waals surface area contributed by atoms with Crippen molar-refractivity contribution in [3.8, 4) is 0 Å². The number of hydrogen-bond donors (Lipinski definition) is 0. The highest BCUT2D eigenvalue weighted by Crippen LogP contribution is 2.46. The van der Waals surface area contributed by atoms with E-state index >= 15 is 0 Å². The zero-order chi connectivity index (χ0) is 17.3. The second kappa shape index (κ2) is 10.8. The van der Waals surface area contributed by atoms with E-state index in [-0.39, 0.29) is 0 Å². The maximum absolute atomic E-state index is 5.96. The van der Waals surface area contributed by atoms with Gasteiger partial charge in [-0.3, -0.25) is 0 Å². The van der Waals surface area contributed by atoms with Gasteiger partial charge in [0.2, 0.25) is 0 Å². The molecule has 1 heterocycles. The summed E-state index contributed by atoms with van der Waals surface area (Å²) in [5, 5.41) is 0. The molecule has 0 amide bonds. The van der Waals surface area contributed by atoms with Gasteiger partial charge in [-0.15, -0.1) is 23.5 Å². The van der Waals surface area contributed by atoms with Gasteiger partial charge in [0.05, 0.1) is 11.2 Å². The lowest BCUT2D eigenvalue weighted by molar-refractivity contribution is 0.115. The molecule has 1 aromatic carbocycles. The monoisotopic (exact) mass is 366 g/mol. The molecule has 1 atom stereocenters. The summed E-state index contributed by atoms with van der Waals surface area (Å²) >= 11 is 4.17. The fourth-order valence-corrected chi connectivity index (χ4v) is 6.18. The molecular weight excluding hydrogens is 332 g/mol. The molecule has 0 fully saturated rings. The normalized spacial score (nSPS) is 23.7. The Balaban J connectivity index is 2.16. The van der Waals surface area contributed by atoms with Gasteiger partial charge in [-0.2, -0.15) is 0 Å². The van der Waals surface area contributed by atoms with Crippen LogP contribution in [-0.4, -0.2) is 16.9 Å². The van der Waals surface area contributed by atoms with Gasteiger partial charge >= 0.3 is 0 Å². The van der Waals surface area contributed by atoms with Gasteiger partial charge in [0.15, 0.2) is 0 Å². The lowest BCUT2D eigenvalue weighted by Gasteiger charge is -2.34. The van der Waals surface area contributed by atoms with Gasteiger partial charge in [-0.1, -0.05) is 71.1 Å². The van der Waals surface area contributed by atoms with Crippen LogP contribution in [0.4, 0.5) is 0 Å². The molecule has 2 rings (SSSR count). The molecule has 0 radical (unpaired) electrons. The highest BCUT2D eigenvalue weighted by Gasteiger charge is 2.30. The smallest absolute Gasteiger partial charge is 0.0727 e. The maximum atomic E-state index is 5.96. The minimum absolute atomic E-state index is 0.361. The summed E-state index contributed by atoms with van der Waals surface area (Å²) in [6.07, 6.45) is 9.35. The average molecular weight is 367 g/mol. The molecule has 0 saturated heterocycles. The lowest BCUT2D eigenvalue weighted by Crippen LogP contribution is -2.24. The van der Waals surface area contributed by atoms with Crippen LogP contribution in [0.25, 0.3) is 0 Å². The van der Waals surface area contributed by atoms with E-state index in [4.69, 9.17) is 4.74 Å². The molecule has 0 spiro atoms. The van der Waals surface area contributed by atoms with Crippen molar-refractivity contribution in [2.75, 3.05) is 12.4 Å². The van der Waals surface area contributed by atoms with Crippen LogP contribution >= 0.6 is 23.5 Å². The number of benzene rings is 1. The summed E-state index contributed by atoms with van der Waals surface area (Å²) in [4.78, 5) is 1.41. The lowest BCUT2D eigenvalue weighted by atomic mass is 9.88. The minimum atomic E-state index is 0.361. The highest BCUT2D eigenvalue weighted by atomic mass is 32.2. The van der Waals surface area contributed by atoms with Crippen molar-refractivity contribution in [3.05, 3.63) is 29.8 Å². The molecule has 3 heteroatoms. The summed E-state index contributed by atoms with van der Waals surface area (Å²) in [6, 6.07) is 8.83. The molecule has 0 bridgehead atoms. The molecule has 1 nitrogen and oxygen atoms in total. The van der Waals surface area contributed by atoms with Gasteiger partial charge in [0.25, 0.3) is 0 Å². The van der Waals surface area contributed by atoms with Gasteiger partial charge in [-0.05, 0) is 35.6 Å². The first-order valence-corrected chi connectivity index (χ1v) is 11.5. The Labute approximate surface area is 157 Å². The van der Waals surface area contributed by atoms with E-state index in [0.717, 1.165) is 13.2 Å². The predicted octanol–water partition coefficient (Wildman–Crippen LogP) is 7.15. The van der Waals surface area contributed by atoms with E-state index in [2.05, 4.69) is 68.6 Å². The topological polar surface area (TPSA) is 9.23 Å². The Morgan fingerprint density at radius 1 is 1.08 bits per heavy atom. The van der Waals surface area contributed by atoms with Crippen LogP contribution < -0.4 is 0 Å². The van der Waals surface area contributed by atoms with Crippen LogP contribution in [0.2, 0.25) is 0 Å². The van der Waals surface area contributed by atoms with Crippen molar-refractivity contribution in [2.45, 2.75) is 81.8 Å². The van der Waals surface area contributed by atoms with E-state index in [1.54, 1.807) is 0 Å². The van der Waals surface area contributed by atoms with E-state index in [9.17, 15) is 0 Å². The van der Waals surface area contributed by atoms with E-state index in [1.807, 2.05) is 0 Å². The van der Waals surface area contributed by atoms with Crippen LogP contribution in [-0.2, 0) is 11.3 Å². The van der Waals surface area contributed by atoms with Crippen molar-refractivity contribution < 1.29 is 4.74 Å². The second-order valence-electron chi connectivity index (χ2n) is 7.43. The molecule has 0 aliphatic carbocycles. The Morgan fingerprint density at radius 3 is 2.58 bits per heavy atom.